The van der Waals surface area contributed by atoms with E-state index in [2.05, 4.69) is 169 Å². The van der Waals surface area contributed by atoms with Gasteiger partial charge in [-0.15, -0.1) is 0 Å². The fourth-order valence-corrected chi connectivity index (χ4v) is 6.05. The van der Waals surface area contributed by atoms with Gasteiger partial charge in [-0.05, 0) is 61.8 Å². The van der Waals surface area contributed by atoms with Crippen LogP contribution in [0.4, 0.5) is 0 Å². The molecule has 0 saturated heterocycles. The maximum atomic E-state index is 5.17. The molecule has 0 fully saturated rings. The Hall–Kier alpha value is -6.06. The van der Waals surface area contributed by atoms with Crippen molar-refractivity contribution < 1.29 is 0 Å². The van der Waals surface area contributed by atoms with Crippen LogP contribution in [0.2, 0.25) is 0 Å². The largest absolute Gasteiger partial charge is 0.344 e. The van der Waals surface area contributed by atoms with Crippen LogP contribution in [-0.2, 0) is 0 Å². The number of benzene rings is 7. The fraction of sp³-hybridized carbons (Fsp3) is 0.0233. The summed E-state index contributed by atoms with van der Waals surface area (Å²) in [5.41, 5.74) is 10.1. The van der Waals surface area contributed by atoms with Gasteiger partial charge in [0.1, 0.15) is 12.0 Å². The summed E-state index contributed by atoms with van der Waals surface area (Å²) < 4.78 is 0. The number of fused-ring (bicyclic) bond motifs is 1. The Bertz CT molecular complexity index is 2200. The predicted octanol–water partition coefficient (Wildman–Crippen LogP) is 10.3. The minimum atomic E-state index is -0.300. The molecule has 8 rings (SSSR count). The first-order valence-corrected chi connectivity index (χ1v) is 15.6. The number of amidine groups is 2. The molecular formula is C43H31N3. The summed E-state index contributed by atoms with van der Waals surface area (Å²) in [6.07, 6.45) is -0.300. The Morgan fingerprint density at radius 3 is 1.54 bits per heavy atom. The highest BCUT2D eigenvalue weighted by Crippen LogP contribution is 2.30. The van der Waals surface area contributed by atoms with Gasteiger partial charge in [0.2, 0.25) is 0 Å². The Labute approximate surface area is 269 Å². The first kappa shape index (κ1) is 27.5. The number of aliphatic imine (C=N–C) groups is 2. The molecule has 3 heteroatoms. The SMILES string of the molecule is c1ccc(-c2ccc(C3=NC(c4cccc(-c5ccc6ccccc6c5)c4)NC(c4ccc(-c5ccccc5)cc4)=N3)cc2)cc1. The molecule has 1 unspecified atom stereocenters. The van der Waals surface area contributed by atoms with Gasteiger partial charge in [-0.2, -0.15) is 0 Å². The van der Waals surface area contributed by atoms with Crippen LogP contribution in [0.5, 0.6) is 0 Å². The van der Waals surface area contributed by atoms with Crippen molar-refractivity contribution in [3.05, 3.63) is 193 Å². The molecule has 0 radical (unpaired) electrons. The maximum Gasteiger partial charge on any atom is 0.159 e. The zero-order valence-electron chi connectivity index (χ0n) is 25.2. The predicted molar refractivity (Wildman–Crippen MR) is 192 cm³/mol. The van der Waals surface area contributed by atoms with Gasteiger partial charge >= 0.3 is 0 Å². The topological polar surface area (TPSA) is 36.8 Å². The van der Waals surface area contributed by atoms with E-state index in [1.54, 1.807) is 0 Å². The quantitative estimate of drug-likeness (QED) is 0.206. The molecule has 0 spiro atoms. The second kappa shape index (κ2) is 12.1. The van der Waals surface area contributed by atoms with E-state index in [9.17, 15) is 0 Å². The molecule has 218 valence electrons. The van der Waals surface area contributed by atoms with Gasteiger partial charge in [0.25, 0.3) is 0 Å². The molecule has 3 nitrogen and oxygen atoms in total. The van der Waals surface area contributed by atoms with Crippen LogP contribution in [0.25, 0.3) is 44.2 Å². The second-order valence-corrected chi connectivity index (χ2v) is 11.5. The molecule has 0 bridgehead atoms. The second-order valence-electron chi connectivity index (χ2n) is 11.5. The van der Waals surface area contributed by atoms with Crippen molar-refractivity contribution in [1.29, 1.82) is 0 Å². The highest BCUT2D eigenvalue weighted by molar-refractivity contribution is 6.13. The van der Waals surface area contributed by atoms with Crippen LogP contribution in [-0.4, -0.2) is 11.7 Å². The third kappa shape index (κ3) is 5.62. The first-order chi connectivity index (χ1) is 22.8. The smallest absolute Gasteiger partial charge is 0.159 e. The molecule has 1 heterocycles. The molecule has 0 saturated carbocycles. The fourth-order valence-electron chi connectivity index (χ4n) is 6.05. The molecule has 1 N–H and O–H groups in total. The van der Waals surface area contributed by atoms with E-state index < -0.39 is 0 Å². The van der Waals surface area contributed by atoms with E-state index in [1.807, 2.05) is 12.1 Å². The minimum absolute atomic E-state index is 0.300. The van der Waals surface area contributed by atoms with Crippen molar-refractivity contribution in [2.24, 2.45) is 9.98 Å². The van der Waals surface area contributed by atoms with Gasteiger partial charge < -0.3 is 5.32 Å². The van der Waals surface area contributed by atoms with Crippen LogP contribution in [0.1, 0.15) is 22.9 Å². The lowest BCUT2D eigenvalue weighted by Crippen LogP contribution is -2.33. The Kier molecular flexibility index (Phi) is 7.26. The third-order valence-corrected chi connectivity index (χ3v) is 8.54. The summed E-state index contributed by atoms with van der Waals surface area (Å²) in [5.74, 6) is 1.51. The molecule has 7 aromatic rings. The van der Waals surface area contributed by atoms with E-state index in [-0.39, 0.29) is 6.17 Å². The molecule has 1 atom stereocenters. The van der Waals surface area contributed by atoms with Crippen molar-refractivity contribution in [1.82, 2.24) is 5.32 Å². The average Bonchev–Trinajstić information content (AvgIpc) is 3.15. The highest BCUT2D eigenvalue weighted by Gasteiger charge is 2.21. The van der Waals surface area contributed by atoms with Crippen LogP contribution in [0, 0.1) is 0 Å². The van der Waals surface area contributed by atoms with E-state index in [0.29, 0.717) is 5.84 Å². The minimum Gasteiger partial charge on any atom is -0.344 e. The maximum absolute atomic E-state index is 5.17. The monoisotopic (exact) mass is 589 g/mol. The lowest BCUT2D eigenvalue weighted by Gasteiger charge is -2.24. The van der Waals surface area contributed by atoms with Crippen LogP contribution in [0.3, 0.4) is 0 Å². The summed E-state index contributed by atoms with van der Waals surface area (Å²) in [6, 6.07) is 61.8. The third-order valence-electron chi connectivity index (χ3n) is 8.54. The standard InChI is InChI=1S/C43H31N3/c1-3-10-30(11-4-1)33-18-23-35(24-19-33)41-44-42(36-25-20-34(21-26-36)31-12-5-2-6-13-31)46-43(45-41)40-17-9-16-38(29-40)39-27-22-32-14-7-8-15-37(32)28-39/h1-29,43H,(H,44,45,46). The van der Waals surface area contributed by atoms with Crippen molar-refractivity contribution in [2.75, 3.05) is 0 Å². The number of nitrogens with one attached hydrogen (secondary N) is 1. The summed E-state index contributed by atoms with van der Waals surface area (Å²) in [4.78, 5) is 10.2. The molecule has 0 amide bonds. The molecule has 1 aliphatic heterocycles. The van der Waals surface area contributed by atoms with E-state index in [1.165, 1.54) is 38.6 Å². The molecule has 0 aliphatic carbocycles. The van der Waals surface area contributed by atoms with Gasteiger partial charge in [-0.3, -0.25) is 0 Å². The van der Waals surface area contributed by atoms with E-state index >= 15 is 0 Å². The van der Waals surface area contributed by atoms with E-state index in [4.69, 9.17) is 9.98 Å². The van der Waals surface area contributed by atoms with Gasteiger partial charge in [0.05, 0.1) is 0 Å². The molecular weight excluding hydrogens is 558 g/mol. The number of rotatable bonds is 6. The highest BCUT2D eigenvalue weighted by atomic mass is 15.2. The lowest BCUT2D eigenvalue weighted by atomic mass is 9.98. The van der Waals surface area contributed by atoms with Crippen molar-refractivity contribution >= 4 is 22.4 Å². The van der Waals surface area contributed by atoms with Gasteiger partial charge in [0.15, 0.2) is 5.84 Å². The van der Waals surface area contributed by atoms with Crippen LogP contribution < -0.4 is 5.32 Å². The molecule has 7 aromatic carbocycles. The number of hydrogen-bond donors (Lipinski definition) is 1. The zero-order valence-corrected chi connectivity index (χ0v) is 25.2. The zero-order chi connectivity index (χ0) is 30.7. The van der Waals surface area contributed by atoms with Gasteiger partial charge in [-0.25, -0.2) is 9.98 Å². The average molecular weight is 590 g/mol. The summed E-state index contributed by atoms with van der Waals surface area (Å²) in [5, 5.41) is 6.12. The lowest BCUT2D eigenvalue weighted by molar-refractivity contribution is 0.674. The first-order valence-electron chi connectivity index (χ1n) is 15.6. The Morgan fingerprint density at radius 2 is 0.870 bits per heavy atom. The summed E-state index contributed by atoms with van der Waals surface area (Å²) in [6.45, 7) is 0. The van der Waals surface area contributed by atoms with E-state index in [0.717, 1.165) is 28.1 Å². The van der Waals surface area contributed by atoms with Crippen LogP contribution >= 0.6 is 0 Å². The molecule has 1 aliphatic rings. The number of nitrogens with zero attached hydrogens (tertiary/aromatic N) is 2. The molecule has 0 aromatic heterocycles. The van der Waals surface area contributed by atoms with Gasteiger partial charge in [0, 0.05) is 11.1 Å². The molecule has 46 heavy (non-hydrogen) atoms. The normalized spacial score (nSPS) is 14.3. The van der Waals surface area contributed by atoms with Crippen molar-refractivity contribution in [2.45, 2.75) is 6.17 Å². The van der Waals surface area contributed by atoms with Gasteiger partial charge in [-0.1, -0.05) is 164 Å². The Balaban J connectivity index is 1.17. The van der Waals surface area contributed by atoms with Crippen molar-refractivity contribution in [3.8, 4) is 33.4 Å². The van der Waals surface area contributed by atoms with Crippen molar-refractivity contribution in [3.63, 3.8) is 0 Å². The Morgan fingerprint density at radius 1 is 0.370 bits per heavy atom. The summed E-state index contributed by atoms with van der Waals surface area (Å²) >= 11 is 0. The summed E-state index contributed by atoms with van der Waals surface area (Å²) in [7, 11) is 0. The van der Waals surface area contributed by atoms with Crippen LogP contribution in [0.15, 0.2) is 186 Å². The number of hydrogen-bond acceptors (Lipinski definition) is 3.